The lowest BCUT2D eigenvalue weighted by Crippen LogP contribution is -2.59. The zero-order valence-corrected chi connectivity index (χ0v) is 99.3. The maximum Gasteiger partial charge on any atom is 0.312 e. The molecule has 40 rings (SSSR count). The van der Waals surface area contributed by atoms with E-state index >= 15 is 0 Å². The van der Waals surface area contributed by atoms with Gasteiger partial charge in [-0.2, -0.15) is 0 Å². The Labute approximate surface area is 907 Å². The number of esters is 3. The molecule has 0 aromatic rings. The van der Waals surface area contributed by atoms with Gasteiger partial charge in [0.1, 0.15) is 38.1 Å². The molecule has 14 nitrogen and oxygen atoms in total. The van der Waals surface area contributed by atoms with Gasteiger partial charge in [0.25, 0.3) is 0 Å². The molecule has 2 spiro atoms. The first kappa shape index (κ1) is 119. The standard InChI is InChI=1S/C36H50O8.C24H34O5.C13H22.C12H20.C11H18.C10H16.C6H12O.C6H12.8C2H6/c37-30(32-8-22-2-23(9-32)13-34(39,12-22)18-32)41-16-28-29(44-36(43-28)26-4-20-1-21(6-26)7-27(36)5-20)17-42-31(38)33-10-24-3-25(11-33)15-35(40,14-24)19-33;25-21(22-7-16-2-17(8-22)10-23(26,9-16)13-22)27-11-20-12-28-24(29-20)18-3-14-1-15(5-18)6-19(24)4-14;1-8(2)13-11-4-9-3-10(6-11)7-12(13)5-9;1-2-12-10-4-8-3-9(6-10)7-11(12)5-8;1-7-10-3-8-2-9(5-10)6-11(7)4-8;1-7-2-9-4-8(1)5-10(3-7)6-9;7-6-4-2-1-3-5-6;1-2-4-6-5-3-1;8*1-2/h20-29,39-40H,1-19H2;14-20,26H,1-13H2;8-13H,3-7H2,1-2H3;8-12H,2-7H2,1H3;7-11H,2-6H2,1H3;7-10H,1-6H2;6-7H,1-5H2;1-6H2;8*1-2H3. The summed E-state index contributed by atoms with van der Waals surface area (Å²) in [7, 11) is 0. The molecule has 0 radical (unpaired) electrons. The summed E-state index contributed by atoms with van der Waals surface area (Å²) >= 11 is 0. The van der Waals surface area contributed by atoms with Gasteiger partial charge in [-0.25, -0.2) is 0 Å². The number of ether oxygens (including phenoxy) is 7. The SMILES string of the molecule is C1C2CC3CC1CC(C2)C3.C1CCCCC1.CC.CC.CC.CC.CC.CC.CC.CC.CC(C)C1C2CC3CC(C2)CC1C3.CC1C2CC3CC(C2)CC1C3.CCC1C2CC3CC(C2)CC1C3.O=C(OCC1COC2(O1)C1CC3CC(C1)CC2C3)C12CC3CC(CC(O)(C3)C1)C2.O=C(OCC1OC2(OC1COC(=O)C13CC4CC(CC(O)(C4)C1)C3)C1CC3CC(C1)CC2C3)C12CC3CC(CC(O)(C3)C1)C2.OC1CCCCC1. The monoisotopic (exact) mass is 2070 g/mol. The Hall–Kier alpha value is -1.91. The number of carbonyl (C=O) groups excluding carboxylic acids is 3. The van der Waals surface area contributed by atoms with Gasteiger partial charge in [0.15, 0.2) is 11.6 Å². The van der Waals surface area contributed by atoms with Gasteiger partial charge in [-0.15, -0.1) is 0 Å². The maximum atomic E-state index is 13.8. The highest BCUT2D eigenvalue weighted by Gasteiger charge is 2.70. The van der Waals surface area contributed by atoms with Gasteiger partial charge >= 0.3 is 17.9 Å². The largest absolute Gasteiger partial charge is 0.462 e. The first-order valence-electron chi connectivity index (χ1n) is 66.7. The lowest BCUT2D eigenvalue weighted by atomic mass is 9.48. The molecule has 38 aliphatic carbocycles. The van der Waals surface area contributed by atoms with Crippen LogP contribution in [0.25, 0.3) is 0 Å². The second-order valence-electron chi connectivity index (χ2n) is 56.9. The van der Waals surface area contributed by atoms with Crippen molar-refractivity contribution < 1.29 is 68.0 Å². The van der Waals surface area contributed by atoms with E-state index in [0.717, 1.165) is 247 Å². The van der Waals surface area contributed by atoms with E-state index in [0.29, 0.717) is 91.7 Å². The lowest BCUT2D eigenvalue weighted by molar-refractivity contribution is -0.301. The fourth-order valence-electron chi connectivity index (χ4n) is 44.4. The minimum Gasteiger partial charge on any atom is -0.462 e. The van der Waals surface area contributed by atoms with Crippen molar-refractivity contribution in [3.8, 4) is 0 Å². The molecule has 2 heterocycles. The van der Waals surface area contributed by atoms with E-state index in [2.05, 4.69) is 27.7 Å². The van der Waals surface area contributed by atoms with E-state index in [4.69, 9.17) is 38.3 Å². The summed E-state index contributed by atoms with van der Waals surface area (Å²) in [5.41, 5.74) is -3.68. The number of aliphatic hydroxyl groups is 4. The van der Waals surface area contributed by atoms with Crippen LogP contribution in [0.5, 0.6) is 0 Å². The summed E-state index contributed by atoms with van der Waals surface area (Å²) in [5.74, 6) is 29.0. The third kappa shape index (κ3) is 25.8. The second kappa shape index (κ2) is 51.8. The van der Waals surface area contributed by atoms with Crippen molar-refractivity contribution >= 4 is 17.9 Å². The van der Waals surface area contributed by atoms with Crippen molar-refractivity contribution in [3.05, 3.63) is 0 Å². The van der Waals surface area contributed by atoms with E-state index in [9.17, 15) is 29.7 Å². The van der Waals surface area contributed by atoms with Gasteiger partial charge in [0, 0.05) is 23.7 Å². The highest BCUT2D eigenvalue weighted by Crippen LogP contribution is 2.70. The van der Waals surface area contributed by atoms with Crippen molar-refractivity contribution in [1.82, 2.24) is 0 Å². The Morgan fingerprint density at radius 2 is 0.527 bits per heavy atom. The van der Waals surface area contributed by atoms with E-state index in [-0.39, 0.29) is 49.1 Å². The van der Waals surface area contributed by atoms with Gasteiger partial charge in [-0.1, -0.05) is 203 Å². The molecular weight excluding hydrogens is 1830 g/mol. The van der Waals surface area contributed by atoms with Crippen LogP contribution in [-0.2, 0) is 47.5 Å². The molecule has 40 fully saturated rings. The molecule has 9 unspecified atom stereocenters. The first-order valence-corrected chi connectivity index (χ1v) is 66.7. The van der Waals surface area contributed by atoms with Gasteiger partial charge in [0.2, 0.25) is 0 Å². The fraction of sp³-hybridized carbons (Fsp3) is 0.978. The van der Waals surface area contributed by atoms with Gasteiger partial charge in [0.05, 0.1) is 45.8 Å². The van der Waals surface area contributed by atoms with Crippen molar-refractivity contribution in [2.75, 3.05) is 26.4 Å². The molecule has 4 N–H and O–H groups in total. The van der Waals surface area contributed by atoms with Crippen LogP contribution in [0.2, 0.25) is 0 Å². The number of aliphatic hydroxyl groups excluding tert-OH is 1. The zero-order valence-electron chi connectivity index (χ0n) is 99.3. The Balaban J connectivity index is 0.000000129. The van der Waals surface area contributed by atoms with Crippen LogP contribution >= 0.6 is 0 Å². The average molecular weight is 2070 g/mol. The predicted octanol–water partition coefficient (Wildman–Crippen LogP) is 33.1. The van der Waals surface area contributed by atoms with Gasteiger partial charge in [-0.05, 0) is 505 Å². The molecule has 38 saturated carbocycles. The summed E-state index contributed by atoms with van der Waals surface area (Å²) < 4.78 is 45.0. The predicted molar refractivity (Wildman–Crippen MR) is 601 cm³/mol. The van der Waals surface area contributed by atoms with Crippen LogP contribution in [0.3, 0.4) is 0 Å². The highest BCUT2D eigenvalue weighted by molar-refractivity contribution is 5.79. The smallest absolute Gasteiger partial charge is 0.312 e. The summed E-state index contributed by atoms with van der Waals surface area (Å²) in [6.45, 7) is 42.9. The van der Waals surface area contributed by atoms with E-state index in [1.54, 1.807) is 135 Å². The molecule has 2 aliphatic heterocycles. The van der Waals surface area contributed by atoms with E-state index in [1.807, 2.05) is 111 Å². The summed E-state index contributed by atoms with van der Waals surface area (Å²) in [5, 5.41) is 42.3. The molecule has 0 aromatic carbocycles. The molecule has 40 aliphatic rings. The molecule has 852 valence electrons. The minimum absolute atomic E-state index is 0.0359. The lowest BCUT2D eigenvalue weighted by Gasteiger charge is -2.58. The molecule has 2 saturated heterocycles. The Morgan fingerprint density at radius 3 is 0.784 bits per heavy atom. The zero-order chi connectivity index (χ0) is 106. The first-order chi connectivity index (χ1) is 71.7. The number of hydrogen-bond acceptors (Lipinski definition) is 14. The molecular formula is C134H232O14. The molecule has 9 atom stereocenters. The third-order valence-corrected chi connectivity index (χ3v) is 46.8. The van der Waals surface area contributed by atoms with Crippen LogP contribution in [0, 0.1) is 217 Å². The molecule has 0 aromatic heterocycles. The Bertz CT molecular complexity index is 3710. The molecule has 0 amide bonds. The maximum absolute atomic E-state index is 13.8. The van der Waals surface area contributed by atoms with Crippen LogP contribution in [-0.4, -0.2) is 118 Å². The molecule has 36 bridgehead atoms. The number of hydrogen-bond donors (Lipinski definition) is 4. The van der Waals surface area contributed by atoms with Gasteiger partial charge < -0.3 is 53.6 Å². The molecule has 14 heteroatoms. The van der Waals surface area contributed by atoms with Crippen molar-refractivity contribution in [2.45, 2.75) is 583 Å². The average Bonchev–Trinajstić information content (AvgIpc) is 1.71. The topological polar surface area (TPSA) is 197 Å². The summed E-state index contributed by atoms with van der Waals surface area (Å²) in [6, 6.07) is 0. The van der Waals surface area contributed by atoms with Crippen LogP contribution in [0.4, 0.5) is 0 Å². The van der Waals surface area contributed by atoms with Crippen LogP contribution in [0.15, 0.2) is 0 Å². The fourth-order valence-corrected chi connectivity index (χ4v) is 44.4. The van der Waals surface area contributed by atoms with Crippen molar-refractivity contribution in [1.29, 1.82) is 0 Å². The summed E-state index contributed by atoms with van der Waals surface area (Å²) in [6.07, 6.45) is 76.3. The van der Waals surface area contributed by atoms with E-state index in [1.165, 1.54) is 133 Å². The van der Waals surface area contributed by atoms with Crippen LogP contribution in [0.1, 0.15) is 530 Å². The van der Waals surface area contributed by atoms with Crippen molar-refractivity contribution in [3.63, 3.8) is 0 Å². The number of carbonyl (C=O) groups is 3. The van der Waals surface area contributed by atoms with Crippen molar-refractivity contribution in [2.24, 2.45) is 217 Å². The molecule has 148 heavy (non-hydrogen) atoms. The second-order valence-corrected chi connectivity index (χ2v) is 56.9. The minimum atomic E-state index is -0.721. The number of rotatable bonds is 11. The summed E-state index contributed by atoms with van der Waals surface area (Å²) in [4.78, 5) is 40.8. The normalized spacial score (nSPS) is 49.1. The quantitative estimate of drug-likeness (QED) is 0.113. The third-order valence-electron chi connectivity index (χ3n) is 46.8. The Morgan fingerprint density at radius 1 is 0.291 bits per heavy atom. The highest BCUT2D eigenvalue weighted by atomic mass is 16.8. The van der Waals surface area contributed by atoms with E-state index < -0.39 is 51.0 Å². The van der Waals surface area contributed by atoms with Crippen LogP contribution < -0.4 is 0 Å². The van der Waals surface area contributed by atoms with Gasteiger partial charge in [-0.3, -0.25) is 14.4 Å². The Kier molecular flexibility index (Phi) is 41.5.